The van der Waals surface area contributed by atoms with Crippen molar-refractivity contribution in [1.82, 2.24) is 30.6 Å². The molecule has 0 unspecified atom stereocenters. The molecule has 2 N–H and O–H groups in total. The van der Waals surface area contributed by atoms with Crippen molar-refractivity contribution in [3.8, 4) is 0 Å². The molecule has 194 valence electrons. The van der Waals surface area contributed by atoms with E-state index < -0.39 is 11.2 Å². The Bertz CT molecular complexity index is 1080. The first kappa shape index (κ1) is 23.9. The van der Waals surface area contributed by atoms with E-state index in [-0.39, 0.29) is 5.91 Å². The molecule has 36 heavy (non-hydrogen) atoms. The number of nitrogens with one attached hydrogen (secondary N) is 2. The number of amides is 1. The van der Waals surface area contributed by atoms with Crippen molar-refractivity contribution in [2.45, 2.75) is 115 Å². The van der Waals surface area contributed by atoms with Crippen LogP contribution in [0.4, 0.5) is 5.69 Å². The highest BCUT2D eigenvalue weighted by atomic mass is 16.2. The molecule has 1 spiro atoms. The number of carbonyl (C=O) groups excluding carboxylic acids is 1. The molecular formula is C28H41N7O. The van der Waals surface area contributed by atoms with Crippen LogP contribution in [0.1, 0.15) is 120 Å². The monoisotopic (exact) mass is 491 g/mol. The molecule has 2 aromatic rings. The fraction of sp³-hybridized carbons (Fsp3) is 0.714. The van der Waals surface area contributed by atoms with E-state index in [1.165, 1.54) is 19.3 Å². The second kappa shape index (κ2) is 9.43. The van der Waals surface area contributed by atoms with E-state index in [2.05, 4.69) is 44.8 Å². The number of fused-ring (bicyclic) bond motifs is 1. The van der Waals surface area contributed by atoms with E-state index in [4.69, 9.17) is 0 Å². The quantitative estimate of drug-likeness (QED) is 0.582. The first-order chi connectivity index (χ1) is 17.5. The van der Waals surface area contributed by atoms with Gasteiger partial charge in [0.25, 0.3) is 5.91 Å². The highest BCUT2D eigenvalue weighted by molar-refractivity contribution is 6.02. The number of aromatic nitrogens is 4. The van der Waals surface area contributed by atoms with Crippen LogP contribution >= 0.6 is 0 Å². The van der Waals surface area contributed by atoms with Crippen LogP contribution in [0.15, 0.2) is 24.3 Å². The SMILES string of the molecule is CC1CCC(NN2C(=O)c3ccccc3NC23CCC(C)CC3)(c2nnnn2C2CCCCC2)CC1. The third-order valence-corrected chi connectivity index (χ3v) is 9.55. The van der Waals surface area contributed by atoms with E-state index in [9.17, 15) is 4.79 Å². The van der Waals surface area contributed by atoms with Gasteiger partial charge in [-0.25, -0.2) is 15.1 Å². The van der Waals surface area contributed by atoms with Crippen molar-refractivity contribution in [3.05, 3.63) is 35.7 Å². The topological polar surface area (TPSA) is 88.0 Å². The number of benzene rings is 1. The largest absolute Gasteiger partial charge is 0.361 e. The Labute approximate surface area is 214 Å². The van der Waals surface area contributed by atoms with Crippen molar-refractivity contribution in [3.63, 3.8) is 0 Å². The maximum Gasteiger partial charge on any atom is 0.272 e. The molecule has 0 radical (unpaired) electrons. The smallest absolute Gasteiger partial charge is 0.272 e. The lowest BCUT2D eigenvalue weighted by Gasteiger charge is -2.54. The van der Waals surface area contributed by atoms with Crippen LogP contribution in [-0.4, -0.2) is 36.8 Å². The van der Waals surface area contributed by atoms with Gasteiger partial charge in [-0.2, -0.15) is 0 Å². The van der Waals surface area contributed by atoms with E-state index in [0.29, 0.717) is 17.9 Å². The molecule has 1 aromatic carbocycles. The Kier molecular flexibility index (Phi) is 6.26. The Morgan fingerprint density at radius 1 is 0.917 bits per heavy atom. The van der Waals surface area contributed by atoms with Gasteiger partial charge in [-0.3, -0.25) is 4.79 Å². The summed E-state index contributed by atoms with van der Waals surface area (Å²) >= 11 is 0. The van der Waals surface area contributed by atoms with Gasteiger partial charge in [-0.15, -0.1) is 5.10 Å². The van der Waals surface area contributed by atoms with Gasteiger partial charge in [0.1, 0.15) is 5.66 Å². The molecule has 1 amide bonds. The molecular weight excluding hydrogens is 450 g/mol. The number of anilines is 1. The summed E-state index contributed by atoms with van der Waals surface area (Å²) in [5, 5.41) is 19.2. The lowest BCUT2D eigenvalue weighted by atomic mass is 9.76. The molecule has 1 aliphatic heterocycles. The maximum atomic E-state index is 14.2. The predicted molar refractivity (Wildman–Crippen MR) is 139 cm³/mol. The first-order valence-electron chi connectivity index (χ1n) is 14.3. The lowest BCUT2D eigenvalue weighted by molar-refractivity contribution is -0.0271. The van der Waals surface area contributed by atoms with Gasteiger partial charge in [-0.1, -0.05) is 45.2 Å². The van der Waals surface area contributed by atoms with Crippen LogP contribution in [0.2, 0.25) is 0 Å². The number of tetrazole rings is 1. The summed E-state index contributed by atoms with van der Waals surface area (Å²) in [4.78, 5) is 14.2. The minimum atomic E-state index is -0.451. The zero-order chi connectivity index (χ0) is 24.8. The van der Waals surface area contributed by atoms with Crippen molar-refractivity contribution in [1.29, 1.82) is 0 Å². The summed E-state index contributed by atoms with van der Waals surface area (Å²) in [6, 6.07) is 8.32. The fourth-order valence-electron chi connectivity index (χ4n) is 7.08. The lowest BCUT2D eigenvalue weighted by Crippen LogP contribution is -2.70. The Morgan fingerprint density at radius 2 is 1.58 bits per heavy atom. The van der Waals surface area contributed by atoms with Gasteiger partial charge in [0.15, 0.2) is 5.82 Å². The highest BCUT2D eigenvalue weighted by Crippen LogP contribution is 2.45. The summed E-state index contributed by atoms with van der Waals surface area (Å²) < 4.78 is 2.12. The van der Waals surface area contributed by atoms with Crippen molar-refractivity contribution in [2.24, 2.45) is 11.8 Å². The number of hydrogen-bond acceptors (Lipinski definition) is 6. The molecule has 0 bridgehead atoms. The standard InChI is InChI=1S/C28H41N7O/c1-20-12-16-27(17-13-20,26-30-32-33-34(26)22-8-4-3-5-9-22)31-35-25(36)23-10-6-7-11-24(23)29-28(35)18-14-21(2)15-19-28/h6-7,10-11,20-22,29,31H,3-5,8-9,12-19H2,1-2H3. The van der Waals surface area contributed by atoms with Gasteiger partial charge in [0, 0.05) is 5.69 Å². The minimum absolute atomic E-state index is 0.0635. The van der Waals surface area contributed by atoms with Crippen LogP contribution in [0.25, 0.3) is 0 Å². The average Bonchev–Trinajstić information content (AvgIpc) is 3.41. The maximum absolute atomic E-state index is 14.2. The van der Waals surface area contributed by atoms with Crippen LogP contribution in [-0.2, 0) is 5.54 Å². The molecule has 6 rings (SSSR count). The molecule has 4 aliphatic rings. The third-order valence-electron chi connectivity index (χ3n) is 9.55. The van der Waals surface area contributed by atoms with Crippen molar-refractivity contribution in [2.75, 3.05) is 5.32 Å². The molecule has 0 atom stereocenters. The third kappa shape index (κ3) is 4.11. The van der Waals surface area contributed by atoms with E-state index in [0.717, 1.165) is 81.3 Å². The van der Waals surface area contributed by atoms with Crippen LogP contribution in [0.5, 0.6) is 0 Å². The number of carbonyl (C=O) groups is 1. The Hall–Kier alpha value is -2.48. The summed E-state index contributed by atoms with van der Waals surface area (Å²) in [5.41, 5.74) is 4.70. The van der Waals surface area contributed by atoms with Gasteiger partial charge < -0.3 is 5.32 Å². The number of hydrazine groups is 1. The Balaban J connectivity index is 1.41. The molecule has 2 heterocycles. The normalized spacial score (nSPS) is 33.4. The molecule has 1 aromatic heterocycles. The number of nitrogens with zero attached hydrogens (tertiary/aromatic N) is 5. The molecule has 0 saturated heterocycles. The molecule has 3 fully saturated rings. The molecule has 3 saturated carbocycles. The predicted octanol–water partition coefficient (Wildman–Crippen LogP) is 5.56. The zero-order valence-electron chi connectivity index (χ0n) is 21.9. The number of rotatable bonds is 4. The van der Waals surface area contributed by atoms with Gasteiger partial charge in [0.2, 0.25) is 0 Å². The molecule has 3 aliphatic carbocycles. The van der Waals surface area contributed by atoms with Gasteiger partial charge in [-0.05, 0) is 98.6 Å². The number of hydrogen-bond donors (Lipinski definition) is 2. The Morgan fingerprint density at radius 3 is 2.31 bits per heavy atom. The minimum Gasteiger partial charge on any atom is -0.361 e. The van der Waals surface area contributed by atoms with E-state index in [1.54, 1.807) is 0 Å². The van der Waals surface area contributed by atoms with Crippen molar-refractivity contribution < 1.29 is 4.79 Å². The van der Waals surface area contributed by atoms with Crippen LogP contribution in [0, 0.1) is 11.8 Å². The van der Waals surface area contributed by atoms with Crippen LogP contribution in [0.3, 0.4) is 0 Å². The number of para-hydroxylation sites is 1. The van der Waals surface area contributed by atoms with E-state index in [1.807, 2.05) is 29.3 Å². The van der Waals surface area contributed by atoms with Gasteiger partial charge in [0.05, 0.1) is 17.1 Å². The fourth-order valence-corrected chi connectivity index (χ4v) is 7.08. The second-order valence-corrected chi connectivity index (χ2v) is 12.1. The van der Waals surface area contributed by atoms with Gasteiger partial charge >= 0.3 is 0 Å². The molecule has 8 heteroatoms. The zero-order valence-corrected chi connectivity index (χ0v) is 21.9. The summed E-state index contributed by atoms with van der Waals surface area (Å²) in [5.74, 6) is 2.33. The summed E-state index contributed by atoms with van der Waals surface area (Å²) in [6.07, 6.45) is 14.1. The van der Waals surface area contributed by atoms with E-state index >= 15 is 0 Å². The van der Waals surface area contributed by atoms with Crippen LogP contribution < -0.4 is 10.7 Å². The molecule has 8 nitrogen and oxygen atoms in total. The van der Waals surface area contributed by atoms with Crippen molar-refractivity contribution >= 4 is 11.6 Å². The second-order valence-electron chi connectivity index (χ2n) is 12.1. The summed E-state index contributed by atoms with van der Waals surface area (Å²) in [6.45, 7) is 4.66. The first-order valence-corrected chi connectivity index (χ1v) is 14.3. The highest BCUT2D eigenvalue weighted by Gasteiger charge is 2.51. The average molecular weight is 492 g/mol. The summed E-state index contributed by atoms with van der Waals surface area (Å²) in [7, 11) is 0.